The molecule has 4 heteroatoms. The summed E-state index contributed by atoms with van der Waals surface area (Å²) in [4.78, 5) is 12.2. The molecule has 3 nitrogen and oxygen atoms in total. The van der Waals surface area contributed by atoms with E-state index in [0.717, 1.165) is 19.3 Å². The van der Waals surface area contributed by atoms with Gasteiger partial charge in [-0.1, -0.05) is 19.4 Å². The van der Waals surface area contributed by atoms with E-state index in [4.69, 9.17) is 0 Å². The summed E-state index contributed by atoms with van der Waals surface area (Å²) >= 11 is 0. The van der Waals surface area contributed by atoms with Crippen molar-refractivity contribution in [3.05, 3.63) is 29.6 Å². The molecule has 1 fully saturated rings. The van der Waals surface area contributed by atoms with Crippen molar-refractivity contribution in [3.63, 3.8) is 0 Å². The lowest BCUT2D eigenvalue weighted by molar-refractivity contribution is 0.0930. The van der Waals surface area contributed by atoms with E-state index in [0.29, 0.717) is 11.5 Å². The summed E-state index contributed by atoms with van der Waals surface area (Å²) < 4.78 is 13.6. The van der Waals surface area contributed by atoms with Gasteiger partial charge in [-0.25, -0.2) is 4.39 Å². The molecule has 1 aromatic carbocycles. The minimum Gasteiger partial charge on any atom is -0.385 e. The normalized spacial score (nSPS) is 22.8. The van der Waals surface area contributed by atoms with E-state index in [1.807, 2.05) is 0 Å². The first-order valence-electron chi connectivity index (χ1n) is 6.40. The van der Waals surface area contributed by atoms with Gasteiger partial charge < -0.3 is 10.6 Å². The monoisotopic (exact) mass is 250 g/mol. The molecule has 1 aliphatic rings. The minimum atomic E-state index is -0.398. The molecular formula is C14H19FN2O. The van der Waals surface area contributed by atoms with Gasteiger partial charge in [0, 0.05) is 13.1 Å². The second kappa shape index (κ2) is 5.38. The summed E-state index contributed by atoms with van der Waals surface area (Å²) in [5.74, 6) is -0.0947. The van der Waals surface area contributed by atoms with Gasteiger partial charge in [-0.2, -0.15) is 0 Å². The van der Waals surface area contributed by atoms with Crippen molar-refractivity contribution in [1.29, 1.82) is 0 Å². The van der Waals surface area contributed by atoms with Crippen molar-refractivity contribution < 1.29 is 9.18 Å². The third-order valence-electron chi connectivity index (χ3n) is 3.69. The Kier molecular flexibility index (Phi) is 3.84. The van der Waals surface area contributed by atoms with Crippen LogP contribution in [0.5, 0.6) is 0 Å². The van der Waals surface area contributed by atoms with Crippen LogP contribution < -0.4 is 10.6 Å². The van der Waals surface area contributed by atoms with E-state index in [1.54, 1.807) is 19.2 Å². The summed E-state index contributed by atoms with van der Waals surface area (Å²) in [6, 6.07) is 4.76. The smallest absolute Gasteiger partial charge is 0.253 e. The molecule has 98 valence electrons. The average Bonchev–Trinajstić information content (AvgIpc) is 2.74. The third kappa shape index (κ3) is 2.47. The molecule has 0 aromatic heterocycles. The molecule has 2 rings (SSSR count). The summed E-state index contributed by atoms with van der Waals surface area (Å²) in [5, 5.41) is 5.75. The second-order valence-corrected chi connectivity index (χ2v) is 4.90. The van der Waals surface area contributed by atoms with Gasteiger partial charge in [-0.3, -0.25) is 4.79 Å². The highest BCUT2D eigenvalue weighted by molar-refractivity contribution is 5.99. The van der Waals surface area contributed by atoms with E-state index < -0.39 is 5.82 Å². The van der Waals surface area contributed by atoms with Gasteiger partial charge in [0.1, 0.15) is 5.82 Å². The first kappa shape index (κ1) is 12.9. The molecule has 0 radical (unpaired) electrons. The fraction of sp³-hybridized carbons (Fsp3) is 0.500. The number of hydrogen-bond acceptors (Lipinski definition) is 2. The number of amides is 1. The Hall–Kier alpha value is -1.58. The highest BCUT2D eigenvalue weighted by Gasteiger charge is 2.26. The Morgan fingerprint density at radius 1 is 1.39 bits per heavy atom. The maximum atomic E-state index is 13.6. The Balaban J connectivity index is 2.16. The standard InChI is InChI=1S/C14H19FN2O/c1-9-5-3-8-12(9)17-14(18)10-6-4-7-11(15)13(10)16-2/h4,6-7,9,12,16H,3,5,8H2,1-2H3,(H,17,18). The molecule has 2 atom stereocenters. The number of carbonyl (C=O) groups excluding carboxylic acids is 1. The van der Waals surface area contributed by atoms with Crippen LogP contribution >= 0.6 is 0 Å². The van der Waals surface area contributed by atoms with Crippen LogP contribution in [0.1, 0.15) is 36.5 Å². The topological polar surface area (TPSA) is 41.1 Å². The van der Waals surface area contributed by atoms with E-state index in [2.05, 4.69) is 17.6 Å². The Morgan fingerprint density at radius 3 is 2.78 bits per heavy atom. The molecule has 0 heterocycles. The number of nitrogens with one attached hydrogen (secondary N) is 2. The van der Waals surface area contributed by atoms with Crippen LogP contribution in [0.3, 0.4) is 0 Å². The lowest BCUT2D eigenvalue weighted by Gasteiger charge is -2.18. The van der Waals surface area contributed by atoms with Crippen LogP contribution in [-0.2, 0) is 0 Å². The van der Waals surface area contributed by atoms with Gasteiger partial charge in [-0.05, 0) is 30.9 Å². The minimum absolute atomic E-state index is 0.197. The number of para-hydroxylation sites is 1. The lowest BCUT2D eigenvalue weighted by Crippen LogP contribution is -2.36. The third-order valence-corrected chi connectivity index (χ3v) is 3.69. The average molecular weight is 250 g/mol. The summed E-state index contributed by atoms with van der Waals surface area (Å²) in [6.07, 6.45) is 3.30. The SMILES string of the molecule is CNc1c(F)cccc1C(=O)NC1CCCC1C. The molecule has 1 aromatic rings. The fourth-order valence-corrected chi connectivity index (χ4v) is 2.57. The molecule has 18 heavy (non-hydrogen) atoms. The fourth-order valence-electron chi connectivity index (χ4n) is 2.57. The van der Waals surface area contributed by atoms with Crippen LogP contribution in [0.25, 0.3) is 0 Å². The molecule has 1 aliphatic carbocycles. The van der Waals surface area contributed by atoms with Crippen LogP contribution in [0, 0.1) is 11.7 Å². The largest absolute Gasteiger partial charge is 0.385 e. The van der Waals surface area contributed by atoms with E-state index in [-0.39, 0.29) is 17.6 Å². The van der Waals surface area contributed by atoms with Crippen molar-refractivity contribution in [2.45, 2.75) is 32.2 Å². The maximum absolute atomic E-state index is 13.6. The van der Waals surface area contributed by atoms with Crippen LogP contribution in [0.4, 0.5) is 10.1 Å². The lowest BCUT2D eigenvalue weighted by atomic mass is 10.1. The number of halogens is 1. The zero-order valence-electron chi connectivity index (χ0n) is 10.8. The summed E-state index contributed by atoms with van der Waals surface area (Å²) in [7, 11) is 1.62. The van der Waals surface area contributed by atoms with Crippen molar-refractivity contribution in [2.75, 3.05) is 12.4 Å². The van der Waals surface area contributed by atoms with E-state index in [1.165, 1.54) is 6.07 Å². The van der Waals surface area contributed by atoms with Crippen LogP contribution in [0.15, 0.2) is 18.2 Å². The predicted octanol–water partition coefficient (Wildman–Crippen LogP) is 2.79. The van der Waals surface area contributed by atoms with Crippen molar-refractivity contribution in [2.24, 2.45) is 5.92 Å². The molecule has 2 N–H and O–H groups in total. The molecule has 1 amide bonds. The number of rotatable bonds is 3. The van der Waals surface area contributed by atoms with Gasteiger partial charge in [0.15, 0.2) is 0 Å². The highest BCUT2D eigenvalue weighted by atomic mass is 19.1. The Morgan fingerprint density at radius 2 is 2.17 bits per heavy atom. The highest BCUT2D eigenvalue weighted by Crippen LogP contribution is 2.26. The number of carbonyl (C=O) groups is 1. The van der Waals surface area contributed by atoms with Gasteiger partial charge in [0.2, 0.25) is 0 Å². The van der Waals surface area contributed by atoms with E-state index >= 15 is 0 Å². The molecule has 0 bridgehead atoms. The zero-order chi connectivity index (χ0) is 13.1. The molecule has 0 spiro atoms. The summed E-state index contributed by atoms with van der Waals surface area (Å²) in [5.41, 5.74) is 0.636. The van der Waals surface area contributed by atoms with Crippen molar-refractivity contribution in [3.8, 4) is 0 Å². The molecule has 1 saturated carbocycles. The van der Waals surface area contributed by atoms with Gasteiger partial charge >= 0.3 is 0 Å². The Bertz CT molecular complexity index is 447. The number of benzene rings is 1. The quantitative estimate of drug-likeness (QED) is 0.866. The predicted molar refractivity (Wildman–Crippen MR) is 70.2 cm³/mol. The first-order valence-corrected chi connectivity index (χ1v) is 6.40. The first-order chi connectivity index (χ1) is 8.63. The molecular weight excluding hydrogens is 231 g/mol. The van der Waals surface area contributed by atoms with E-state index in [9.17, 15) is 9.18 Å². The second-order valence-electron chi connectivity index (χ2n) is 4.90. The Labute approximate surface area is 107 Å². The van der Waals surface area contributed by atoms with Crippen molar-refractivity contribution >= 4 is 11.6 Å². The number of anilines is 1. The molecule has 0 aliphatic heterocycles. The number of hydrogen-bond donors (Lipinski definition) is 2. The van der Waals surface area contributed by atoms with Crippen molar-refractivity contribution in [1.82, 2.24) is 5.32 Å². The van der Waals surface area contributed by atoms with Crippen LogP contribution in [0.2, 0.25) is 0 Å². The molecule has 2 unspecified atom stereocenters. The van der Waals surface area contributed by atoms with Crippen LogP contribution in [-0.4, -0.2) is 19.0 Å². The van der Waals surface area contributed by atoms with Gasteiger partial charge in [-0.15, -0.1) is 0 Å². The van der Waals surface area contributed by atoms with Gasteiger partial charge in [0.05, 0.1) is 11.3 Å². The zero-order valence-corrected chi connectivity index (χ0v) is 10.8. The van der Waals surface area contributed by atoms with Gasteiger partial charge in [0.25, 0.3) is 5.91 Å². The summed E-state index contributed by atoms with van der Waals surface area (Å²) in [6.45, 7) is 2.14. The molecule has 0 saturated heterocycles. The maximum Gasteiger partial charge on any atom is 0.253 e.